The summed E-state index contributed by atoms with van der Waals surface area (Å²) in [4.78, 5) is 19.4. The predicted octanol–water partition coefficient (Wildman–Crippen LogP) is 3.32. The summed E-state index contributed by atoms with van der Waals surface area (Å²) in [5, 5.41) is 2.10. The highest BCUT2D eigenvalue weighted by Crippen LogP contribution is 2.33. The van der Waals surface area contributed by atoms with Crippen LogP contribution in [0.15, 0.2) is 28.6 Å². The van der Waals surface area contributed by atoms with Crippen LogP contribution in [0.2, 0.25) is 0 Å². The van der Waals surface area contributed by atoms with Crippen molar-refractivity contribution < 1.29 is 0 Å². The molecule has 1 N–H and O–H groups in total. The largest absolute Gasteiger partial charge is 0.312 e. The number of nitrogens with zero attached hydrogens (tertiary/aromatic N) is 1. The van der Waals surface area contributed by atoms with Gasteiger partial charge in [-0.3, -0.25) is 4.79 Å². The minimum Gasteiger partial charge on any atom is -0.312 e. The number of aromatic amines is 1. The lowest BCUT2D eigenvalue weighted by molar-refractivity contribution is 1.18. The molecule has 3 rings (SSSR count). The first-order chi connectivity index (χ1) is 7.74. The minimum atomic E-state index is -0.0637. The van der Waals surface area contributed by atoms with Gasteiger partial charge in [-0.2, -0.15) is 0 Å². The zero-order valence-corrected chi connectivity index (χ0v) is 11.6. The lowest BCUT2D eigenvalue weighted by Crippen LogP contribution is -2.02. The second kappa shape index (κ2) is 3.94. The minimum absolute atomic E-state index is 0.0637. The van der Waals surface area contributed by atoms with E-state index in [4.69, 9.17) is 0 Å². The molecule has 80 valence electrons. The van der Waals surface area contributed by atoms with Crippen molar-refractivity contribution in [3.05, 3.63) is 37.1 Å². The van der Waals surface area contributed by atoms with Gasteiger partial charge in [0.1, 0.15) is 4.70 Å². The number of hydrogen-bond donors (Lipinski definition) is 1. The van der Waals surface area contributed by atoms with Gasteiger partial charge in [-0.15, -0.1) is 22.7 Å². The first-order valence-corrected chi connectivity index (χ1v) is 7.23. The van der Waals surface area contributed by atoms with Gasteiger partial charge in [-0.25, -0.2) is 4.98 Å². The Morgan fingerprint density at radius 1 is 1.38 bits per heavy atom. The van der Waals surface area contributed by atoms with Gasteiger partial charge >= 0.3 is 0 Å². The van der Waals surface area contributed by atoms with E-state index in [0.29, 0.717) is 4.70 Å². The van der Waals surface area contributed by atoms with Gasteiger partial charge in [0.25, 0.3) is 5.56 Å². The molecule has 6 heteroatoms. The summed E-state index contributed by atoms with van der Waals surface area (Å²) in [5.41, 5.74) is 1.87. The Morgan fingerprint density at radius 2 is 2.25 bits per heavy atom. The van der Waals surface area contributed by atoms with E-state index in [2.05, 4.69) is 44.0 Å². The van der Waals surface area contributed by atoms with Crippen LogP contribution in [0.3, 0.4) is 0 Å². The first kappa shape index (κ1) is 10.4. The van der Waals surface area contributed by atoms with E-state index < -0.39 is 0 Å². The Bertz CT molecular complexity index is 713. The summed E-state index contributed by atoms with van der Waals surface area (Å²) in [6.07, 6.45) is 1.44. The van der Waals surface area contributed by atoms with E-state index in [1.807, 2.05) is 6.07 Å². The van der Waals surface area contributed by atoms with Crippen molar-refractivity contribution in [3.8, 4) is 10.4 Å². The number of nitrogens with one attached hydrogen (secondary N) is 1. The molecule has 0 radical (unpaired) electrons. The highest BCUT2D eigenvalue weighted by Gasteiger charge is 2.08. The number of rotatable bonds is 1. The molecular weight excluding hydrogens is 355 g/mol. The molecule has 0 fully saturated rings. The number of H-pyrrole nitrogens is 1. The van der Waals surface area contributed by atoms with Crippen molar-refractivity contribution >= 4 is 55.5 Å². The average Bonchev–Trinajstić information content (AvgIpc) is 2.84. The van der Waals surface area contributed by atoms with Crippen molar-refractivity contribution in [2.75, 3.05) is 0 Å². The molecule has 0 aliphatic heterocycles. The summed E-state index contributed by atoms with van der Waals surface area (Å²) in [5.74, 6) is 0. The maximum atomic E-state index is 11.5. The quantitative estimate of drug-likeness (QED) is 0.677. The second-order valence-electron chi connectivity index (χ2n) is 3.20. The van der Waals surface area contributed by atoms with Gasteiger partial charge in [0, 0.05) is 15.8 Å². The van der Waals surface area contributed by atoms with Crippen molar-refractivity contribution in [2.24, 2.45) is 0 Å². The fraction of sp³-hybridized carbons (Fsp3) is 0. The van der Waals surface area contributed by atoms with Crippen LogP contribution in [-0.2, 0) is 0 Å². The monoisotopic (exact) mass is 360 g/mol. The predicted molar refractivity (Wildman–Crippen MR) is 76.3 cm³/mol. The lowest BCUT2D eigenvalue weighted by atomic mass is 10.3. The molecule has 16 heavy (non-hydrogen) atoms. The van der Waals surface area contributed by atoms with Crippen LogP contribution in [0, 0.1) is 2.88 Å². The number of hydrogen-bond acceptors (Lipinski definition) is 4. The normalized spacial score (nSPS) is 11.1. The van der Waals surface area contributed by atoms with Crippen LogP contribution in [-0.4, -0.2) is 9.97 Å². The molecule has 3 aromatic rings. The van der Waals surface area contributed by atoms with Gasteiger partial charge in [0.15, 0.2) is 0 Å². The topological polar surface area (TPSA) is 45.8 Å². The second-order valence-corrected chi connectivity index (χ2v) is 7.05. The molecule has 0 aromatic carbocycles. The Morgan fingerprint density at radius 3 is 2.94 bits per heavy atom. The maximum Gasteiger partial charge on any atom is 0.268 e. The molecule has 0 bridgehead atoms. The fourth-order valence-electron chi connectivity index (χ4n) is 1.45. The number of fused-ring (bicyclic) bond motifs is 1. The smallest absolute Gasteiger partial charge is 0.268 e. The van der Waals surface area contributed by atoms with Gasteiger partial charge in [-0.05, 0) is 34.7 Å². The van der Waals surface area contributed by atoms with E-state index in [-0.39, 0.29) is 5.56 Å². The highest BCUT2D eigenvalue weighted by molar-refractivity contribution is 14.1. The SMILES string of the molecule is O=c1[nH]cnc2cc(-c3csc(I)c3)sc12. The molecule has 0 aliphatic rings. The van der Waals surface area contributed by atoms with Gasteiger partial charge in [-0.1, -0.05) is 0 Å². The summed E-state index contributed by atoms with van der Waals surface area (Å²) < 4.78 is 1.94. The summed E-state index contributed by atoms with van der Waals surface area (Å²) in [6.45, 7) is 0. The summed E-state index contributed by atoms with van der Waals surface area (Å²) in [6, 6.07) is 4.08. The molecule has 3 aromatic heterocycles. The van der Waals surface area contributed by atoms with E-state index in [1.54, 1.807) is 11.3 Å². The van der Waals surface area contributed by atoms with Crippen molar-refractivity contribution in [1.82, 2.24) is 9.97 Å². The zero-order valence-electron chi connectivity index (χ0n) is 7.86. The standard InChI is InChI=1S/C10H5IN2OS2/c11-8-1-5(3-15-8)7-2-6-9(16-7)10(14)13-4-12-6/h1-4H,(H,12,13,14). The van der Waals surface area contributed by atoms with E-state index in [1.165, 1.54) is 20.5 Å². The Balaban J connectivity index is 2.26. The molecule has 0 saturated heterocycles. The molecule has 0 unspecified atom stereocenters. The first-order valence-electron chi connectivity index (χ1n) is 4.46. The fourth-order valence-corrected chi connectivity index (χ4v) is 3.86. The number of aromatic nitrogens is 2. The van der Waals surface area contributed by atoms with Crippen LogP contribution in [0.1, 0.15) is 0 Å². The van der Waals surface area contributed by atoms with Gasteiger partial charge in [0.2, 0.25) is 0 Å². The van der Waals surface area contributed by atoms with Crippen LogP contribution < -0.4 is 5.56 Å². The molecule has 0 saturated carbocycles. The summed E-state index contributed by atoms with van der Waals surface area (Å²) in [7, 11) is 0. The number of halogens is 1. The van der Waals surface area contributed by atoms with Crippen LogP contribution >= 0.6 is 45.3 Å². The van der Waals surface area contributed by atoms with Crippen LogP contribution in [0.5, 0.6) is 0 Å². The van der Waals surface area contributed by atoms with Crippen LogP contribution in [0.25, 0.3) is 20.7 Å². The zero-order chi connectivity index (χ0) is 11.1. The third kappa shape index (κ3) is 1.70. The maximum absolute atomic E-state index is 11.5. The van der Waals surface area contributed by atoms with Crippen molar-refractivity contribution in [1.29, 1.82) is 0 Å². The summed E-state index contributed by atoms with van der Waals surface area (Å²) >= 11 is 5.48. The molecule has 3 nitrogen and oxygen atoms in total. The molecule has 0 aliphatic carbocycles. The Labute approximate surface area is 112 Å². The van der Waals surface area contributed by atoms with Gasteiger partial charge < -0.3 is 4.98 Å². The van der Waals surface area contributed by atoms with Crippen molar-refractivity contribution in [3.63, 3.8) is 0 Å². The van der Waals surface area contributed by atoms with Crippen molar-refractivity contribution in [2.45, 2.75) is 0 Å². The molecule has 0 atom stereocenters. The van der Waals surface area contributed by atoms with E-state index in [9.17, 15) is 4.79 Å². The molecular formula is C10H5IN2OS2. The Hall–Kier alpha value is -0.730. The molecule has 0 spiro atoms. The Kier molecular flexibility index (Phi) is 2.56. The van der Waals surface area contributed by atoms with E-state index >= 15 is 0 Å². The van der Waals surface area contributed by atoms with Gasteiger partial charge in [0.05, 0.1) is 14.7 Å². The third-order valence-electron chi connectivity index (χ3n) is 2.17. The lowest BCUT2D eigenvalue weighted by Gasteiger charge is -1.86. The third-order valence-corrected chi connectivity index (χ3v) is 5.13. The number of thiophene rings is 2. The molecule has 3 heterocycles. The highest BCUT2D eigenvalue weighted by atomic mass is 127. The van der Waals surface area contributed by atoms with Crippen LogP contribution in [0.4, 0.5) is 0 Å². The molecule has 0 amide bonds. The van der Waals surface area contributed by atoms with E-state index in [0.717, 1.165) is 16.0 Å². The average molecular weight is 360 g/mol.